The van der Waals surface area contributed by atoms with Gasteiger partial charge in [0.05, 0.1) is 6.61 Å². The molecule has 0 aliphatic rings. The molecule has 0 aliphatic carbocycles. The maximum Gasteiger partial charge on any atom is 0.513 e. The Bertz CT molecular complexity index is 1570. The summed E-state index contributed by atoms with van der Waals surface area (Å²) in [5.41, 5.74) is 3.42. The highest BCUT2D eigenvalue weighted by Gasteiger charge is 2.19. The van der Waals surface area contributed by atoms with Crippen LogP contribution in [0.5, 0.6) is 5.75 Å². The van der Waals surface area contributed by atoms with E-state index in [9.17, 15) is 19.6 Å². The van der Waals surface area contributed by atoms with Crippen LogP contribution in [0.2, 0.25) is 0 Å². The third kappa shape index (κ3) is 6.06. The van der Waals surface area contributed by atoms with E-state index >= 15 is 0 Å². The SMILES string of the molecule is CCCCC/C(=N\O)C(=O)c1ccc2c(c1)c1cc(C(=O)c3ccc(OC(=O)OCCC)cc3)ccc1n2CC. The van der Waals surface area contributed by atoms with E-state index in [-0.39, 0.29) is 29.6 Å². The van der Waals surface area contributed by atoms with Crippen LogP contribution in [0.25, 0.3) is 21.8 Å². The number of aromatic nitrogens is 1. The minimum atomic E-state index is -0.783. The van der Waals surface area contributed by atoms with Gasteiger partial charge >= 0.3 is 6.16 Å². The number of ketones is 2. The van der Waals surface area contributed by atoms with E-state index in [2.05, 4.69) is 16.6 Å². The lowest BCUT2D eigenvalue weighted by atomic mass is 9.98. The molecule has 3 aromatic carbocycles. The van der Waals surface area contributed by atoms with Crippen molar-refractivity contribution < 1.29 is 29.1 Å². The molecule has 208 valence electrons. The van der Waals surface area contributed by atoms with Crippen LogP contribution in [0.1, 0.15) is 79.2 Å². The molecule has 8 heteroatoms. The second-order valence-corrected chi connectivity index (χ2v) is 9.60. The van der Waals surface area contributed by atoms with E-state index in [4.69, 9.17) is 9.47 Å². The summed E-state index contributed by atoms with van der Waals surface area (Å²) in [5.74, 6) is -0.194. The van der Waals surface area contributed by atoms with Gasteiger partial charge in [-0.25, -0.2) is 4.79 Å². The molecular formula is C32H34N2O6. The van der Waals surface area contributed by atoms with E-state index in [1.807, 2.05) is 38.1 Å². The van der Waals surface area contributed by atoms with Gasteiger partial charge in [-0.05, 0) is 86.8 Å². The largest absolute Gasteiger partial charge is 0.513 e. The average Bonchev–Trinajstić information content (AvgIpc) is 3.30. The van der Waals surface area contributed by atoms with E-state index in [0.717, 1.165) is 41.1 Å². The fourth-order valence-electron chi connectivity index (χ4n) is 4.80. The second-order valence-electron chi connectivity index (χ2n) is 9.60. The summed E-state index contributed by atoms with van der Waals surface area (Å²) in [4.78, 5) is 38.2. The predicted octanol–water partition coefficient (Wildman–Crippen LogP) is 7.56. The van der Waals surface area contributed by atoms with Gasteiger partial charge in [0.2, 0.25) is 5.78 Å². The summed E-state index contributed by atoms with van der Waals surface area (Å²) < 4.78 is 12.2. The van der Waals surface area contributed by atoms with Crippen LogP contribution in [-0.4, -0.2) is 39.8 Å². The predicted molar refractivity (Wildman–Crippen MR) is 155 cm³/mol. The first-order valence-electron chi connectivity index (χ1n) is 13.7. The highest BCUT2D eigenvalue weighted by atomic mass is 16.7. The quantitative estimate of drug-likeness (QED) is 0.0376. The summed E-state index contributed by atoms with van der Waals surface area (Å²) in [6.07, 6.45) is 3.06. The number of carbonyl (C=O) groups excluding carboxylic acids is 3. The second kappa shape index (κ2) is 13.1. The number of rotatable bonds is 12. The first kappa shape index (κ1) is 28.5. The van der Waals surface area contributed by atoms with Crippen LogP contribution in [0.15, 0.2) is 65.8 Å². The van der Waals surface area contributed by atoms with Crippen molar-refractivity contribution in [3.8, 4) is 5.75 Å². The van der Waals surface area contributed by atoms with Crippen LogP contribution >= 0.6 is 0 Å². The topological polar surface area (TPSA) is 107 Å². The molecule has 40 heavy (non-hydrogen) atoms. The zero-order valence-corrected chi connectivity index (χ0v) is 23.1. The van der Waals surface area contributed by atoms with E-state index < -0.39 is 6.16 Å². The summed E-state index contributed by atoms with van der Waals surface area (Å²) in [6, 6.07) is 17.3. The molecule has 1 heterocycles. The van der Waals surface area contributed by atoms with Crippen molar-refractivity contribution in [1.82, 2.24) is 4.57 Å². The maximum absolute atomic E-state index is 13.4. The molecule has 0 amide bonds. The normalized spacial score (nSPS) is 11.6. The van der Waals surface area contributed by atoms with E-state index in [0.29, 0.717) is 36.1 Å². The molecule has 0 atom stereocenters. The van der Waals surface area contributed by atoms with Crippen molar-refractivity contribution in [2.45, 2.75) is 59.4 Å². The molecule has 0 aliphatic heterocycles. The third-order valence-electron chi connectivity index (χ3n) is 6.85. The number of aryl methyl sites for hydroxylation is 1. The Kier molecular flexibility index (Phi) is 9.32. The van der Waals surface area contributed by atoms with Crippen molar-refractivity contribution >= 4 is 45.2 Å². The van der Waals surface area contributed by atoms with Crippen molar-refractivity contribution in [3.63, 3.8) is 0 Å². The van der Waals surface area contributed by atoms with Crippen molar-refractivity contribution in [3.05, 3.63) is 77.4 Å². The average molecular weight is 543 g/mol. The molecule has 0 spiro atoms. The third-order valence-corrected chi connectivity index (χ3v) is 6.85. The molecule has 4 aromatic rings. The van der Waals surface area contributed by atoms with Crippen LogP contribution in [0.3, 0.4) is 0 Å². The van der Waals surface area contributed by atoms with Crippen molar-refractivity contribution in [2.75, 3.05) is 6.61 Å². The van der Waals surface area contributed by atoms with Crippen LogP contribution in [0, 0.1) is 0 Å². The van der Waals surface area contributed by atoms with Gasteiger partial charge in [-0.1, -0.05) is 31.8 Å². The molecule has 8 nitrogen and oxygen atoms in total. The Morgan fingerprint density at radius 1 is 0.800 bits per heavy atom. The number of fused-ring (bicyclic) bond motifs is 3. The number of oxime groups is 1. The van der Waals surface area contributed by atoms with Crippen molar-refractivity contribution in [1.29, 1.82) is 0 Å². The Balaban J connectivity index is 1.65. The summed E-state index contributed by atoms with van der Waals surface area (Å²) in [7, 11) is 0. The zero-order chi connectivity index (χ0) is 28.6. The molecule has 1 aromatic heterocycles. The maximum atomic E-state index is 13.4. The molecule has 0 bridgehead atoms. The van der Waals surface area contributed by atoms with E-state index in [1.165, 1.54) is 0 Å². The monoisotopic (exact) mass is 542 g/mol. The van der Waals surface area contributed by atoms with Gasteiger partial charge in [-0.15, -0.1) is 0 Å². The standard InChI is InChI=1S/C32H34N2O6/c1-4-7-8-9-27(33-38)31(36)23-13-17-29-26(20-23)25-19-22(12-16-28(25)34(29)6-3)30(35)21-10-14-24(15-11-21)40-32(37)39-18-5-2/h10-17,19-20,38H,4-9,18H2,1-3H3/b33-27+. The fourth-order valence-corrected chi connectivity index (χ4v) is 4.80. The van der Waals surface area contributed by atoms with Gasteiger partial charge < -0.3 is 19.2 Å². The smallest absolute Gasteiger partial charge is 0.434 e. The number of nitrogens with zero attached hydrogens (tertiary/aromatic N) is 2. The summed E-state index contributed by atoms with van der Waals surface area (Å²) in [6.45, 7) is 6.99. The molecule has 0 saturated carbocycles. The Morgan fingerprint density at radius 2 is 1.43 bits per heavy atom. The minimum Gasteiger partial charge on any atom is -0.434 e. The van der Waals surface area contributed by atoms with Crippen molar-refractivity contribution in [2.24, 2.45) is 5.16 Å². The number of ether oxygens (including phenoxy) is 2. The lowest BCUT2D eigenvalue weighted by Crippen LogP contribution is -2.14. The molecule has 0 unspecified atom stereocenters. The molecule has 0 fully saturated rings. The highest BCUT2D eigenvalue weighted by molar-refractivity contribution is 6.46. The zero-order valence-electron chi connectivity index (χ0n) is 23.1. The molecular weight excluding hydrogens is 508 g/mol. The van der Waals surface area contributed by atoms with Crippen LogP contribution in [-0.2, 0) is 11.3 Å². The number of unbranched alkanes of at least 4 members (excludes halogenated alkanes) is 2. The Labute approximate surface area is 233 Å². The lowest BCUT2D eigenvalue weighted by molar-refractivity contribution is 0.0990. The summed E-state index contributed by atoms with van der Waals surface area (Å²) in [5, 5.41) is 14.5. The highest BCUT2D eigenvalue weighted by Crippen LogP contribution is 2.32. The molecule has 0 radical (unpaired) electrons. The van der Waals surface area contributed by atoms with Crippen LogP contribution < -0.4 is 4.74 Å². The number of hydrogen-bond donors (Lipinski definition) is 1. The van der Waals surface area contributed by atoms with Gasteiger partial charge in [-0.3, -0.25) is 9.59 Å². The molecule has 0 saturated heterocycles. The van der Waals surface area contributed by atoms with Gasteiger partial charge in [0, 0.05) is 45.0 Å². The molecule has 4 rings (SSSR count). The summed E-state index contributed by atoms with van der Waals surface area (Å²) >= 11 is 0. The number of carbonyl (C=O) groups is 3. The van der Waals surface area contributed by atoms with Gasteiger partial charge in [0.15, 0.2) is 5.78 Å². The number of Topliss-reactive ketones (excluding diaryl/α,β-unsaturated/α-hetero) is 1. The Hall–Kier alpha value is -4.46. The number of hydrogen-bond acceptors (Lipinski definition) is 7. The van der Waals surface area contributed by atoms with Crippen LogP contribution in [0.4, 0.5) is 4.79 Å². The minimum absolute atomic E-state index is 0.147. The number of benzene rings is 3. The van der Waals surface area contributed by atoms with Gasteiger partial charge in [0.1, 0.15) is 11.5 Å². The van der Waals surface area contributed by atoms with E-state index in [1.54, 1.807) is 36.4 Å². The molecule has 1 N–H and O–H groups in total. The van der Waals surface area contributed by atoms with Gasteiger partial charge in [0.25, 0.3) is 0 Å². The lowest BCUT2D eigenvalue weighted by Gasteiger charge is -2.07. The van der Waals surface area contributed by atoms with Gasteiger partial charge in [-0.2, -0.15) is 0 Å². The fraction of sp³-hybridized carbons (Fsp3) is 0.312. The Morgan fingerprint density at radius 3 is 2.02 bits per heavy atom. The first-order chi connectivity index (χ1) is 19.4. The first-order valence-corrected chi connectivity index (χ1v) is 13.7.